The highest BCUT2D eigenvalue weighted by Gasteiger charge is 2.20. The zero-order valence-electron chi connectivity index (χ0n) is 13.9. The van der Waals surface area contributed by atoms with Gasteiger partial charge in [-0.1, -0.05) is 18.2 Å². The first-order chi connectivity index (χ1) is 12.6. The van der Waals surface area contributed by atoms with Gasteiger partial charge in [-0.3, -0.25) is 0 Å². The molecule has 4 rings (SSSR count). The van der Waals surface area contributed by atoms with Gasteiger partial charge in [0.1, 0.15) is 0 Å². The Morgan fingerprint density at radius 1 is 1.08 bits per heavy atom. The summed E-state index contributed by atoms with van der Waals surface area (Å²) in [5.74, 6) is -0.260. The molecule has 5 N–H and O–H groups in total. The van der Waals surface area contributed by atoms with Crippen molar-refractivity contribution < 1.29 is 4.39 Å². The quantitative estimate of drug-likeness (QED) is 0.492. The largest absolute Gasteiger partial charge is 0.381 e. The van der Waals surface area contributed by atoms with Crippen LogP contribution < -0.4 is 11.5 Å². The molecule has 1 atom stereocenters. The van der Waals surface area contributed by atoms with E-state index in [0.29, 0.717) is 12.1 Å². The van der Waals surface area contributed by atoms with E-state index in [9.17, 15) is 4.39 Å². The number of nitrogens with one attached hydrogen (secondary N) is 1. The number of H-pyrrole nitrogens is 1. The smallest absolute Gasteiger partial charge is 0.213 e. The van der Waals surface area contributed by atoms with Crippen LogP contribution in [0.2, 0.25) is 0 Å². The van der Waals surface area contributed by atoms with Gasteiger partial charge in [-0.05, 0) is 29.3 Å². The Bertz CT molecular complexity index is 1070. The SMILES string of the molecule is Nc1ncc(CC(c2ccnc(F)c2)c2c[nH]c3ccccc23)nc1N. The number of nitrogens with zero attached hydrogens (tertiary/aromatic N) is 3. The summed E-state index contributed by atoms with van der Waals surface area (Å²) in [5, 5.41) is 1.08. The van der Waals surface area contributed by atoms with Gasteiger partial charge in [-0.15, -0.1) is 0 Å². The lowest BCUT2D eigenvalue weighted by atomic mass is 9.88. The first-order valence-corrected chi connectivity index (χ1v) is 8.16. The lowest BCUT2D eigenvalue weighted by Crippen LogP contribution is -2.09. The maximum Gasteiger partial charge on any atom is 0.213 e. The Morgan fingerprint density at radius 3 is 2.73 bits per heavy atom. The molecule has 3 heterocycles. The molecule has 0 aliphatic heterocycles. The number of nitrogen functional groups attached to an aromatic ring is 2. The van der Waals surface area contributed by atoms with Gasteiger partial charge in [0.05, 0.1) is 11.9 Å². The molecule has 0 amide bonds. The van der Waals surface area contributed by atoms with Crippen molar-refractivity contribution >= 4 is 22.5 Å². The number of halogens is 1. The molecule has 3 aromatic heterocycles. The fourth-order valence-electron chi connectivity index (χ4n) is 3.18. The fraction of sp³-hybridized carbons (Fsp3) is 0.105. The first kappa shape index (κ1) is 16.0. The van der Waals surface area contributed by atoms with E-state index in [1.807, 2.05) is 36.5 Å². The first-order valence-electron chi connectivity index (χ1n) is 8.16. The third-order valence-corrected chi connectivity index (χ3v) is 4.44. The van der Waals surface area contributed by atoms with Crippen molar-refractivity contribution in [3.05, 3.63) is 77.8 Å². The number of para-hydroxylation sites is 1. The van der Waals surface area contributed by atoms with Crippen LogP contribution in [-0.4, -0.2) is 19.9 Å². The van der Waals surface area contributed by atoms with E-state index >= 15 is 0 Å². The van der Waals surface area contributed by atoms with E-state index < -0.39 is 5.95 Å². The maximum absolute atomic E-state index is 13.8. The lowest BCUT2D eigenvalue weighted by molar-refractivity contribution is 0.579. The second-order valence-corrected chi connectivity index (χ2v) is 6.09. The molecule has 0 saturated carbocycles. The van der Waals surface area contributed by atoms with E-state index in [4.69, 9.17) is 11.5 Å². The van der Waals surface area contributed by atoms with Gasteiger partial charge in [0, 0.05) is 35.6 Å². The summed E-state index contributed by atoms with van der Waals surface area (Å²) < 4.78 is 13.8. The highest BCUT2D eigenvalue weighted by molar-refractivity contribution is 5.84. The van der Waals surface area contributed by atoms with E-state index in [1.54, 1.807) is 6.20 Å². The van der Waals surface area contributed by atoms with Crippen LogP contribution in [0.3, 0.4) is 0 Å². The Labute approximate surface area is 149 Å². The lowest BCUT2D eigenvalue weighted by Gasteiger charge is -2.17. The maximum atomic E-state index is 13.8. The van der Waals surface area contributed by atoms with Gasteiger partial charge in [0.15, 0.2) is 11.6 Å². The molecule has 7 heteroatoms. The molecule has 0 aliphatic rings. The Balaban J connectivity index is 1.82. The standard InChI is InChI=1S/C19H17FN6/c20-17-7-11(5-6-23-17)14(8-12-9-25-18(21)19(22)26-12)15-10-24-16-4-2-1-3-13(15)16/h1-7,9-10,14,24H,8H2,(H2,21,25)(H2,22,26). The van der Waals surface area contributed by atoms with Crippen LogP contribution in [0.5, 0.6) is 0 Å². The zero-order valence-corrected chi connectivity index (χ0v) is 13.9. The van der Waals surface area contributed by atoms with Gasteiger partial charge in [0.25, 0.3) is 0 Å². The molecule has 0 radical (unpaired) electrons. The zero-order chi connectivity index (χ0) is 18.1. The fourth-order valence-corrected chi connectivity index (χ4v) is 3.18. The molecule has 26 heavy (non-hydrogen) atoms. The molecule has 1 aromatic carbocycles. The minimum absolute atomic E-state index is 0.138. The molecular weight excluding hydrogens is 331 g/mol. The second kappa shape index (κ2) is 6.44. The average molecular weight is 348 g/mol. The number of hydrogen-bond donors (Lipinski definition) is 3. The number of pyridine rings is 1. The van der Waals surface area contributed by atoms with Crippen LogP contribution in [-0.2, 0) is 6.42 Å². The van der Waals surface area contributed by atoms with E-state index in [0.717, 1.165) is 22.0 Å². The summed E-state index contributed by atoms with van der Waals surface area (Å²) in [6, 6.07) is 11.2. The molecule has 4 aromatic rings. The van der Waals surface area contributed by atoms with Crippen LogP contribution in [0.25, 0.3) is 10.9 Å². The molecule has 6 nitrogen and oxygen atoms in total. The molecule has 0 bridgehead atoms. The third kappa shape index (κ3) is 2.95. The normalized spacial score (nSPS) is 12.3. The monoisotopic (exact) mass is 348 g/mol. The van der Waals surface area contributed by atoms with Crippen LogP contribution in [0.4, 0.5) is 16.0 Å². The third-order valence-electron chi connectivity index (χ3n) is 4.44. The van der Waals surface area contributed by atoms with Crippen LogP contribution in [0.15, 0.2) is 55.0 Å². The Kier molecular flexibility index (Phi) is 3.96. The number of aromatic amines is 1. The summed E-state index contributed by atoms with van der Waals surface area (Å²) in [6.07, 6.45) is 5.52. The second-order valence-electron chi connectivity index (χ2n) is 6.09. The number of benzene rings is 1. The van der Waals surface area contributed by atoms with E-state index in [2.05, 4.69) is 19.9 Å². The molecule has 1 unspecified atom stereocenters. The highest BCUT2D eigenvalue weighted by atomic mass is 19.1. The number of hydrogen-bond acceptors (Lipinski definition) is 5. The van der Waals surface area contributed by atoms with Gasteiger partial charge < -0.3 is 16.5 Å². The van der Waals surface area contributed by atoms with Crippen molar-refractivity contribution in [3.8, 4) is 0 Å². The van der Waals surface area contributed by atoms with Crippen molar-refractivity contribution in [1.82, 2.24) is 19.9 Å². The van der Waals surface area contributed by atoms with E-state index in [1.165, 1.54) is 12.3 Å². The van der Waals surface area contributed by atoms with Crippen molar-refractivity contribution in [2.75, 3.05) is 11.5 Å². The summed E-state index contributed by atoms with van der Waals surface area (Å²) in [7, 11) is 0. The van der Waals surface area contributed by atoms with Gasteiger partial charge in [-0.25, -0.2) is 15.0 Å². The van der Waals surface area contributed by atoms with Crippen molar-refractivity contribution in [3.63, 3.8) is 0 Å². The van der Waals surface area contributed by atoms with Gasteiger partial charge >= 0.3 is 0 Å². The molecule has 0 spiro atoms. The minimum Gasteiger partial charge on any atom is -0.381 e. The average Bonchev–Trinajstić information content (AvgIpc) is 3.06. The summed E-state index contributed by atoms with van der Waals surface area (Å²) >= 11 is 0. The number of rotatable bonds is 4. The van der Waals surface area contributed by atoms with E-state index in [-0.39, 0.29) is 17.6 Å². The predicted molar refractivity (Wildman–Crippen MR) is 98.9 cm³/mol. The topological polar surface area (TPSA) is 106 Å². The van der Waals surface area contributed by atoms with Crippen LogP contribution in [0.1, 0.15) is 22.7 Å². The Morgan fingerprint density at radius 2 is 1.92 bits per heavy atom. The van der Waals surface area contributed by atoms with Crippen molar-refractivity contribution in [2.24, 2.45) is 0 Å². The minimum atomic E-state index is -0.518. The number of nitrogens with two attached hydrogens (primary N) is 2. The Hall–Kier alpha value is -3.48. The van der Waals surface area contributed by atoms with Gasteiger partial charge in [-0.2, -0.15) is 4.39 Å². The number of anilines is 2. The molecule has 0 aliphatic carbocycles. The number of aromatic nitrogens is 4. The molecule has 0 fully saturated rings. The molecule has 0 saturated heterocycles. The van der Waals surface area contributed by atoms with Crippen LogP contribution in [0, 0.1) is 5.95 Å². The molecular formula is C19H17FN6. The highest BCUT2D eigenvalue weighted by Crippen LogP contribution is 2.33. The summed E-state index contributed by atoms with van der Waals surface area (Å²) in [5.41, 5.74) is 15.0. The predicted octanol–water partition coefficient (Wildman–Crippen LogP) is 3.03. The summed E-state index contributed by atoms with van der Waals surface area (Å²) in [4.78, 5) is 15.3. The van der Waals surface area contributed by atoms with Crippen LogP contribution >= 0.6 is 0 Å². The van der Waals surface area contributed by atoms with Crippen molar-refractivity contribution in [2.45, 2.75) is 12.3 Å². The summed E-state index contributed by atoms with van der Waals surface area (Å²) in [6.45, 7) is 0. The molecule has 130 valence electrons. The number of fused-ring (bicyclic) bond motifs is 1. The van der Waals surface area contributed by atoms with Gasteiger partial charge in [0.2, 0.25) is 5.95 Å². The van der Waals surface area contributed by atoms with Crippen molar-refractivity contribution in [1.29, 1.82) is 0 Å².